The summed E-state index contributed by atoms with van der Waals surface area (Å²) in [5.74, 6) is 4.82. The van der Waals surface area contributed by atoms with Crippen LogP contribution in [0.25, 0.3) is 0 Å². The van der Waals surface area contributed by atoms with E-state index in [4.69, 9.17) is 4.98 Å². The van der Waals surface area contributed by atoms with Gasteiger partial charge in [0.2, 0.25) is 5.91 Å². The van der Waals surface area contributed by atoms with Gasteiger partial charge in [-0.1, -0.05) is 11.8 Å². The SMILES string of the molecule is CSCCc1nc(SCC(=O)N2CCN(C34CC5CC(CC(C5)C3)C4)CC2)[nH]c1C. The van der Waals surface area contributed by atoms with Gasteiger partial charge in [-0.25, -0.2) is 4.98 Å². The van der Waals surface area contributed by atoms with Crippen LogP contribution in [0, 0.1) is 24.7 Å². The zero-order valence-corrected chi connectivity index (χ0v) is 20.1. The van der Waals surface area contributed by atoms with Crippen molar-refractivity contribution in [2.75, 3.05) is 43.9 Å². The van der Waals surface area contributed by atoms with Gasteiger partial charge in [-0.15, -0.1) is 0 Å². The molecule has 5 aliphatic rings. The minimum atomic E-state index is 0.268. The van der Waals surface area contributed by atoms with Gasteiger partial charge in [-0.2, -0.15) is 11.8 Å². The molecule has 4 saturated carbocycles. The highest BCUT2D eigenvalue weighted by Gasteiger charge is 2.53. The monoisotopic (exact) mass is 448 g/mol. The fourth-order valence-electron chi connectivity index (χ4n) is 7.08. The molecule has 4 aliphatic carbocycles. The van der Waals surface area contributed by atoms with Gasteiger partial charge < -0.3 is 9.88 Å². The second-order valence-electron chi connectivity index (χ2n) is 10.2. The van der Waals surface area contributed by atoms with Gasteiger partial charge in [0.05, 0.1) is 11.4 Å². The molecule has 0 radical (unpaired) electrons. The first-order valence-corrected chi connectivity index (χ1v) is 14.1. The Morgan fingerprint density at radius 3 is 2.33 bits per heavy atom. The molecule has 1 saturated heterocycles. The highest BCUT2D eigenvalue weighted by molar-refractivity contribution is 7.99. The molecule has 0 spiro atoms. The number of hydrogen-bond donors (Lipinski definition) is 1. The van der Waals surface area contributed by atoms with E-state index < -0.39 is 0 Å². The number of H-pyrrole nitrogens is 1. The van der Waals surface area contributed by atoms with Crippen LogP contribution in [-0.4, -0.2) is 75.2 Å². The summed E-state index contributed by atoms with van der Waals surface area (Å²) in [5.41, 5.74) is 2.77. The summed E-state index contributed by atoms with van der Waals surface area (Å²) in [6, 6.07) is 0. The third-order valence-corrected chi connectivity index (χ3v) is 9.62. The normalized spacial score (nSPS) is 33.4. The maximum atomic E-state index is 12.8. The average molecular weight is 449 g/mol. The van der Waals surface area contributed by atoms with E-state index in [0.717, 1.165) is 72.7 Å². The summed E-state index contributed by atoms with van der Waals surface area (Å²) in [6.45, 7) is 6.02. The number of aryl methyl sites for hydroxylation is 2. The van der Waals surface area contributed by atoms with Crippen LogP contribution >= 0.6 is 23.5 Å². The predicted molar refractivity (Wildman–Crippen MR) is 125 cm³/mol. The lowest BCUT2D eigenvalue weighted by Crippen LogP contribution is -2.64. The molecular formula is C23H36N4OS2. The average Bonchev–Trinajstić information content (AvgIpc) is 3.09. The molecule has 0 atom stereocenters. The van der Waals surface area contributed by atoms with Crippen LogP contribution in [0.15, 0.2) is 5.16 Å². The van der Waals surface area contributed by atoms with E-state index in [1.54, 1.807) is 11.8 Å². The van der Waals surface area contributed by atoms with Gasteiger partial charge >= 0.3 is 0 Å². The number of nitrogens with one attached hydrogen (secondary N) is 1. The molecule has 30 heavy (non-hydrogen) atoms. The van der Waals surface area contributed by atoms with Gasteiger partial charge in [0.1, 0.15) is 0 Å². The van der Waals surface area contributed by atoms with E-state index >= 15 is 0 Å². The van der Waals surface area contributed by atoms with E-state index in [-0.39, 0.29) is 5.91 Å². The van der Waals surface area contributed by atoms with Crippen LogP contribution in [-0.2, 0) is 11.2 Å². The Bertz CT molecular complexity index is 736. The molecule has 1 amide bonds. The van der Waals surface area contributed by atoms with Crippen LogP contribution < -0.4 is 0 Å². The van der Waals surface area contributed by atoms with Gasteiger partial charge in [0.15, 0.2) is 5.16 Å². The van der Waals surface area contributed by atoms with Crippen LogP contribution in [0.5, 0.6) is 0 Å². The van der Waals surface area contributed by atoms with Crippen molar-refractivity contribution in [1.29, 1.82) is 0 Å². The lowest BCUT2D eigenvalue weighted by molar-refractivity contribution is -0.135. The first kappa shape index (κ1) is 21.2. The number of hydrogen-bond acceptors (Lipinski definition) is 5. The Hall–Kier alpha value is -0.660. The van der Waals surface area contributed by atoms with E-state index in [2.05, 4.69) is 28.0 Å². The van der Waals surface area contributed by atoms with Crippen LogP contribution in [0.2, 0.25) is 0 Å². The number of imidazole rings is 1. The largest absolute Gasteiger partial charge is 0.339 e. The van der Waals surface area contributed by atoms with Gasteiger partial charge in [-0.3, -0.25) is 9.69 Å². The summed E-state index contributed by atoms with van der Waals surface area (Å²) in [5, 5.41) is 0.893. The van der Waals surface area contributed by atoms with E-state index in [1.165, 1.54) is 38.5 Å². The number of aromatic nitrogens is 2. The molecule has 1 N–H and O–H groups in total. The maximum Gasteiger partial charge on any atom is 0.233 e. The highest BCUT2D eigenvalue weighted by Crippen LogP contribution is 2.57. The van der Waals surface area contributed by atoms with E-state index in [0.29, 0.717) is 11.3 Å². The Kier molecular flexibility index (Phi) is 6.15. The lowest BCUT2D eigenvalue weighted by Gasteiger charge is -2.61. The number of amides is 1. The minimum absolute atomic E-state index is 0.268. The smallest absolute Gasteiger partial charge is 0.233 e. The second kappa shape index (κ2) is 8.70. The van der Waals surface area contributed by atoms with Crippen molar-refractivity contribution in [2.45, 2.75) is 62.6 Å². The lowest BCUT2D eigenvalue weighted by atomic mass is 9.52. The number of carbonyl (C=O) groups is 1. The summed E-state index contributed by atoms with van der Waals surface area (Å²) in [4.78, 5) is 25.8. The molecular weight excluding hydrogens is 412 g/mol. The number of rotatable bonds is 7. The summed E-state index contributed by atoms with van der Waals surface area (Å²) < 4.78 is 0. The molecule has 166 valence electrons. The molecule has 0 aromatic carbocycles. The van der Waals surface area contributed by atoms with Gasteiger partial charge in [-0.05, 0) is 75.2 Å². The second-order valence-corrected chi connectivity index (χ2v) is 12.1. The van der Waals surface area contributed by atoms with Crippen molar-refractivity contribution >= 4 is 29.4 Å². The molecule has 1 aromatic heterocycles. The Morgan fingerprint density at radius 2 is 1.73 bits per heavy atom. The van der Waals surface area contributed by atoms with Crippen molar-refractivity contribution in [2.24, 2.45) is 17.8 Å². The zero-order valence-electron chi connectivity index (χ0n) is 18.5. The predicted octanol–water partition coefficient (Wildman–Crippen LogP) is 3.83. The van der Waals surface area contributed by atoms with E-state index in [1.807, 2.05) is 11.8 Å². The first-order chi connectivity index (χ1) is 14.5. The summed E-state index contributed by atoms with van der Waals surface area (Å²) in [7, 11) is 0. The minimum Gasteiger partial charge on any atom is -0.339 e. The Labute approximate surface area is 189 Å². The number of piperazine rings is 1. The van der Waals surface area contributed by atoms with Crippen molar-refractivity contribution in [3.8, 4) is 0 Å². The Morgan fingerprint density at radius 1 is 1.10 bits per heavy atom. The third kappa shape index (κ3) is 4.18. The Balaban J connectivity index is 1.11. The fraction of sp³-hybridized carbons (Fsp3) is 0.826. The number of aromatic amines is 1. The number of thioether (sulfide) groups is 2. The van der Waals surface area contributed by atoms with E-state index in [9.17, 15) is 4.79 Å². The van der Waals surface area contributed by atoms with Crippen LogP contribution in [0.1, 0.15) is 49.9 Å². The first-order valence-electron chi connectivity index (χ1n) is 11.7. The van der Waals surface area contributed by atoms with Crippen molar-refractivity contribution in [3.05, 3.63) is 11.4 Å². The third-order valence-electron chi connectivity index (χ3n) is 8.15. The van der Waals surface area contributed by atoms with Gasteiger partial charge in [0, 0.05) is 43.8 Å². The number of nitrogens with zero attached hydrogens (tertiary/aromatic N) is 3. The summed E-state index contributed by atoms with van der Waals surface area (Å²) in [6.07, 6.45) is 11.9. The summed E-state index contributed by atoms with van der Waals surface area (Å²) >= 11 is 3.40. The van der Waals surface area contributed by atoms with Crippen molar-refractivity contribution in [1.82, 2.24) is 19.8 Å². The van der Waals surface area contributed by atoms with Crippen molar-refractivity contribution in [3.63, 3.8) is 0 Å². The molecule has 2 heterocycles. The van der Waals surface area contributed by atoms with Crippen LogP contribution in [0.4, 0.5) is 0 Å². The fourth-order valence-corrected chi connectivity index (χ4v) is 8.32. The molecule has 5 fully saturated rings. The quantitative estimate of drug-likeness (QED) is 0.643. The topological polar surface area (TPSA) is 52.2 Å². The molecule has 7 heteroatoms. The van der Waals surface area contributed by atoms with Crippen LogP contribution in [0.3, 0.4) is 0 Å². The maximum absolute atomic E-state index is 12.8. The molecule has 6 rings (SSSR count). The number of carbonyl (C=O) groups excluding carboxylic acids is 1. The zero-order chi connectivity index (χ0) is 20.7. The highest BCUT2D eigenvalue weighted by atomic mass is 32.2. The standard InChI is InChI=1S/C23H36N4OS2/c1-16-20(3-8-29-2)25-22(24-16)30-15-21(28)26-4-6-27(7-5-26)23-12-17-9-18(13-23)11-19(10-17)14-23/h17-19H,3-15H2,1-2H3,(H,24,25). The molecule has 5 nitrogen and oxygen atoms in total. The molecule has 1 aliphatic heterocycles. The molecule has 1 aromatic rings. The molecule has 0 unspecified atom stereocenters. The molecule has 4 bridgehead atoms. The van der Waals surface area contributed by atoms with Gasteiger partial charge in [0.25, 0.3) is 0 Å². The van der Waals surface area contributed by atoms with Crippen molar-refractivity contribution < 1.29 is 4.79 Å².